The number of carboxylic acid groups (broad SMARTS) is 1. The Hall–Kier alpha value is -1.36. The maximum Gasteiger partial charge on any atom is 0.329 e. The van der Waals surface area contributed by atoms with Crippen LogP contribution < -0.4 is 5.32 Å². The van der Waals surface area contributed by atoms with Crippen LogP contribution in [0.3, 0.4) is 0 Å². The van der Waals surface area contributed by atoms with Gasteiger partial charge in [-0.1, -0.05) is 18.9 Å². The number of aliphatic carboxylic acids is 1. The summed E-state index contributed by atoms with van der Waals surface area (Å²) in [4.78, 5) is 23.6. The van der Waals surface area contributed by atoms with E-state index >= 15 is 0 Å². The van der Waals surface area contributed by atoms with Crippen molar-refractivity contribution in [1.29, 1.82) is 0 Å². The Balaban J connectivity index is 2.22. The zero-order valence-electron chi connectivity index (χ0n) is 10.7. The van der Waals surface area contributed by atoms with Crippen molar-refractivity contribution in [2.45, 2.75) is 38.1 Å². The standard InChI is InChI=1S/C14H16BrNO3/c1-9-4-5-10(11(15)8-9)12(17)16-14(13(18)19)6-2-3-7-14/h4-5,8H,2-3,6-7H2,1H3,(H,16,17)(H,18,19). The van der Waals surface area contributed by atoms with Gasteiger partial charge in [0, 0.05) is 4.47 Å². The fourth-order valence-corrected chi connectivity index (χ4v) is 3.13. The summed E-state index contributed by atoms with van der Waals surface area (Å²) >= 11 is 3.34. The monoisotopic (exact) mass is 325 g/mol. The second-order valence-corrected chi connectivity index (χ2v) is 5.89. The third kappa shape index (κ3) is 2.81. The van der Waals surface area contributed by atoms with Crippen molar-refractivity contribution in [3.63, 3.8) is 0 Å². The average Bonchev–Trinajstić information content (AvgIpc) is 2.78. The van der Waals surface area contributed by atoms with Crippen LogP contribution in [0.2, 0.25) is 0 Å². The number of hydrogen-bond acceptors (Lipinski definition) is 2. The minimum Gasteiger partial charge on any atom is -0.480 e. The van der Waals surface area contributed by atoms with Gasteiger partial charge in [0.05, 0.1) is 5.56 Å². The number of aryl methyl sites for hydroxylation is 1. The largest absolute Gasteiger partial charge is 0.480 e. The molecule has 1 aliphatic carbocycles. The van der Waals surface area contributed by atoms with Crippen LogP contribution in [-0.2, 0) is 4.79 Å². The molecule has 0 radical (unpaired) electrons. The van der Waals surface area contributed by atoms with Gasteiger partial charge in [-0.15, -0.1) is 0 Å². The van der Waals surface area contributed by atoms with Crippen molar-refractivity contribution in [3.05, 3.63) is 33.8 Å². The molecule has 1 aromatic rings. The van der Waals surface area contributed by atoms with E-state index in [1.54, 1.807) is 6.07 Å². The summed E-state index contributed by atoms with van der Waals surface area (Å²) in [5.74, 6) is -1.28. The molecule has 19 heavy (non-hydrogen) atoms. The first-order chi connectivity index (χ1) is 8.94. The molecule has 1 aromatic carbocycles. The fourth-order valence-electron chi connectivity index (χ4n) is 2.46. The quantitative estimate of drug-likeness (QED) is 0.897. The molecule has 0 atom stereocenters. The zero-order valence-corrected chi connectivity index (χ0v) is 12.3. The molecular weight excluding hydrogens is 310 g/mol. The summed E-state index contributed by atoms with van der Waals surface area (Å²) in [7, 11) is 0. The van der Waals surface area contributed by atoms with Gasteiger partial charge in [-0.3, -0.25) is 4.79 Å². The molecule has 1 amide bonds. The molecule has 1 saturated carbocycles. The molecule has 4 nitrogen and oxygen atoms in total. The van der Waals surface area contributed by atoms with Crippen molar-refractivity contribution >= 4 is 27.8 Å². The van der Waals surface area contributed by atoms with Crippen molar-refractivity contribution in [2.24, 2.45) is 0 Å². The molecule has 2 rings (SSSR count). The van der Waals surface area contributed by atoms with E-state index in [-0.39, 0.29) is 5.91 Å². The molecule has 102 valence electrons. The molecule has 0 spiro atoms. The minimum absolute atomic E-state index is 0.337. The van der Waals surface area contributed by atoms with Gasteiger partial charge in [0.1, 0.15) is 5.54 Å². The minimum atomic E-state index is -1.10. The van der Waals surface area contributed by atoms with Crippen molar-refractivity contribution in [3.8, 4) is 0 Å². The van der Waals surface area contributed by atoms with E-state index in [0.717, 1.165) is 18.4 Å². The van der Waals surface area contributed by atoms with E-state index < -0.39 is 11.5 Å². The molecule has 0 heterocycles. The van der Waals surface area contributed by atoms with Gasteiger partial charge >= 0.3 is 5.97 Å². The first kappa shape index (κ1) is 14.1. The highest BCUT2D eigenvalue weighted by molar-refractivity contribution is 9.10. The fraction of sp³-hybridized carbons (Fsp3) is 0.429. The highest BCUT2D eigenvalue weighted by Gasteiger charge is 2.42. The van der Waals surface area contributed by atoms with Gasteiger partial charge < -0.3 is 10.4 Å². The summed E-state index contributed by atoms with van der Waals surface area (Å²) in [6, 6.07) is 5.39. The smallest absolute Gasteiger partial charge is 0.329 e. The third-order valence-electron chi connectivity index (χ3n) is 3.59. The predicted molar refractivity (Wildman–Crippen MR) is 75.2 cm³/mol. The van der Waals surface area contributed by atoms with Crippen LogP contribution >= 0.6 is 15.9 Å². The number of nitrogens with one attached hydrogen (secondary N) is 1. The molecule has 0 bridgehead atoms. The Bertz CT molecular complexity index is 521. The van der Waals surface area contributed by atoms with E-state index in [1.807, 2.05) is 19.1 Å². The lowest BCUT2D eigenvalue weighted by Gasteiger charge is -2.25. The summed E-state index contributed by atoms with van der Waals surface area (Å²) in [5, 5.41) is 12.0. The number of carboxylic acids is 1. The lowest BCUT2D eigenvalue weighted by molar-refractivity contribution is -0.144. The molecule has 2 N–H and O–H groups in total. The molecular formula is C14H16BrNO3. The summed E-state index contributed by atoms with van der Waals surface area (Å²) in [5.41, 5.74) is 0.414. The number of carbonyl (C=O) groups excluding carboxylic acids is 1. The topological polar surface area (TPSA) is 66.4 Å². The van der Waals surface area contributed by atoms with Gasteiger partial charge in [-0.2, -0.15) is 0 Å². The summed E-state index contributed by atoms with van der Waals surface area (Å²) < 4.78 is 0.684. The molecule has 0 unspecified atom stereocenters. The number of rotatable bonds is 3. The first-order valence-corrected chi connectivity index (χ1v) is 7.06. The van der Waals surface area contributed by atoms with Crippen LogP contribution in [0.5, 0.6) is 0 Å². The Kier molecular flexibility index (Phi) is 3.94. The van der Waals surface area contributed by atoms with Gasteiger partial charge in [0.15, 0.2) is 0 Å². The van der Waals surface area contributed by atoms with Gasteiger partial charge in [0.2, 0.25) is 0 Å². The van der Waals surface area contributed by atoms with E-state index in [0.29, 0.717) is 22.9 Å². The third-order valence-corrected chi connectivity index (χ3v) is 4.24. The highest BCUT2D eigenvalue weighted by Crippen LogP contribution is 2.30. The first-order valence-electron chi connectivity index (χ1n) is 6.27. The van der Waals surface area contributed by atoms with Crippen LogP contribution in [0.25, 0.3) is 0 Å². The lowest BCUT2D eigenvalue weighted by atomic mass is 9.97. The van der Waals surface area contributed by atoms with Crippen molar-refractivity contribution in [2.75, 3.05) is 0 Å². The van der Waals surface area contributed by atoms with Gasteiger partial charge in [-0.25, -0.2) is 4.79 Å². The number of halogens is 1. The number of hydrogen-bond donors (Lipinski definition) is 2. The second-order valence-electron chi connectivity index (χ2n) is 5.03. The van der Waals surface area contributed by atoms with E-state index in [4.69, 9.17) is 0 Å². The number of amides is 1. The number of carbonyl (C=O) groups is 2. The maximum atomic E-state index is 12.2. The summed E-state index contributed by atoms with van der Waals surface area (Å²) in [6.45, 7) is 1.93. The Labute approximate surface area is 120 Å². The normalized spacial score (nSPS) is 17.2. The maximum absolute atomic E-state index is 12.2. The predicted octanol–water partition coefficient (Wildman–Crippen LogP) is 2.88. The Morgan fingerprint density at radius 2 is 1.95 bits per heavy atom. The molecule has 1 aliphatic rings. The van der Waals surface area contributed by atoms with Crippen LogP contribution in [0.4, 0.5) is 0 Å². The lowest BCUT2D eigenvalue weighted by Crippen LogP contribution is -2.52. The second kappa shape index (κ2) is 5.33. The van der Waals surface area contributed by atoms with E-state index in [1.165, 1.54) is 0 Å². The van der Waals surface area contributed by atoms with E-state index in [9.17, 15) is 14.7 Å². The van der Waals surface area contributed by atoms with Crippen LogP contribution in [-0.4, -0.2) is 22.5 Å². The summed E-state index contributed by atoms with van der Waals surface area (Å²) in [6.07, 6.45) is 2.67. The SMILES string of the molecule is Cc1ccc(C(=O)NC2(C(=O)O)CCCC2)c(Br)c1. The van der Waals surface area contributed by atoms with E-state index in [2.05, 4.69) is 21.2 Å². The van der Waals surface area contributed by atoms with Crippen LogP contribution in [0.1, 0.15) is 41.6 Å². The van der Waals surface area contributed by atoms with Crippen molar-refractivity contribution in [1.82, 2.24) is 5.32 Å². The van der Waals surface area contributed by atoms with Crippen LogP contribution in [0.15, 0.2) is 22.7 Å². The Morgan fingerprint density at radius 1 is 1.32 bits per heavy atom. The van der Waals surface area contributed by atoms with Crippen LogP contribution in [0, 0.1) is 6.92 Å². The average molecular weight is 326 g/mol. The zero-order chi connectivity index (χ0) is 14.0. The molecule has 5 heteroatoms. The highest BCUT2D eigenvalue weighted by atomic mass is 79.9. The van der Waals surface area contributed by atoms with Gasteiger partial charge in [-0.05, 0) is 53.4 Å². The molecule has 0 aliphatic heterocycles. The molecule has 0 saturated heterocycles. The number of benzene rings is 1. The molecule has 0 aromatic heterocycles. The molecule has 1 fully saturated rings. The van der Waals surface area contributed by atoms with Crippen molar-refractivity contribution < 1.29 is 14.7 Å². The van der Waals surface area contributed by atoms with Gasteiger partial charge in [0.25, 0.3) is 5.91 Å². The Morgan fingerprint density at radius 3 is 2.47 bits per heavy atom.